The van der Waals surface area contributed by atoms with Gasteiger partial charge in [0.2, 0.25) is 0 Å². The van der Waals surface area contributed by atoms with Gasteiger partial charge in [-0.1, -0.05) is 45.4 Å². The van der Waals surface area contributed by atoms with E-state index < -0.39 is 0 Å². The van der Waals surface area contributed by atoms with Crippen LogP contribution in [0, 0.1) is 0 Å². The number of unbranched alkanes of at least 4 members (excludes halogenated alkanes) is 5. The van der Waals surface area contributed by atoms with Crippen LogP contribution < -0.4 is 0 Å². The first-order valence-corrected chi connectivity index (χ1v) is 6.32. The van der Waals surface area contributed by atoms with Gasteiger partial charge in [0.1, 0.15) is 0 Å². The van der Waals surface area contributed by atoms with Crippen LogP contribution >= 0.6 is 0 Å². The molecule has 1 aromatic rings. The maximum atomic E-state index is 4.07. The number of hydrogen-bond acceptors (Lipinski definition) is 1. The minimum Gasteiger partial charge on any atom is -0.335 e. The Morgan fingerprint density at radius 1 is 1.13 bits per heavy atom. The number of aromatic nitrogens is 2. The van der Waals surface area contributed by atoms with E-state index in [-0.39, 0.29) is 0 Å². The molecule has 0 saturated carbocycles. The molecule has 0 saturated heterocycles. The Balaban J connectivity index is 2.00. The molecule has 0 bridgehead atoms. The van der Waals surface area contributed by atoms with Crippen molar-refractivity contribution in [2.75, 3.05) is 0 Å². The summed E-state index contributed by atoms with van der Waals surface area (Å²) in [6.07, 6.45) is 15.4. The third-order valence-corrected chi connectivity index (χ3v) is 3.01. The third-order valence-electron chi connectivity index (χ3n) is 3.01. The minimum absolute atomic E-state index is 0.610. The lowest BCUT2D eigenvalue weighted by Gasteiger charge is -2.12. The molecule has 0 radical (unpaired) electrons. The number of imidazole rings is 1. The summed E-state index contributed by atoms with van der Waals surface area (Å²) in [6, 6.07) is 0.610. The molecular weight excluding hydrogens is 184 g/mol. The fourth-order valence-corrected chi connectivity index (χ4v) is 1.90. The van der Waals surface area contributed by atoms with Crippen molar-refractivity contribution in [2.45, 2.75) is 64.8 Å². The van der Waals surface area contributed by atoms with E-state index in [1.54, 1.807) is 0 Å². The molecule has 0 aliphatic carbocycles. The van der Waals surface area contributed by atoms with Gasteiger partial charge in [-0.2, -0.15) is 0 Å². The monoisotopic (exact) mass is 208 g/mol. The van der Waals surface area contributed by atoms with E-state index in [1.165, 1.54) is 44.9 Å². The lowest BCUT2D eigenvalue weighted by atomic mass is 10.1. The zero-order valence-corrected chi connectivity index (χ0v) is 10.2. The summed E-state index contributed by atoms with van der Waals surface area (Å²) in [5.74, 6) is 0. The molecule has 0 amide bonds. The van der Waals surface area contributed by atoms with Crippen molar-refractivity contribution >= 4 is 0 Å². The lowest BCUT2D eigenvalue weighted by Crippen LogP contribution is -2.01. The first-order valence-electron chi connectivity index (χ1n) is 6.32. The smallest absolute Gasteiger partial charge is 0.0948 e. The van der Waals surface area contributed by atoms with E-state index in [4.69, 9.17) is 0 Å². The van der Waals surface area contributed by atoms with E-state index in [0.29, 0.717) is 6.04 Å². The zero-order chi connectivity index (χ0) is 10.9. The Bertz CT molecular complexity index is 229. The fourth-order valence-electron chi connectivity index (χ4n) is 1.90. The molecule has 1 rings (SSSR count). The van der Waals surface area contributed by atoms with Crippen LogP contribution in [-0.4, -0.2) is 9.55 Å². The second-order valence-electron chi connectivity index (χ2n) is 4.42. The number of nitrogens with zero attached hydrogens (tertiary/aromatic N) is 2. The predicted molar refractivity (Wildman–Crippen MR) is 64.9 cm³/mol. The van der Waals surface area contributed by atoms with Crippen molar-refractivity contribution in [3.63, 3.8) is 0 Å². The van der Waals surface area contributed by atoms with Gasteiger partial charge < -0.3 is 4.57 Å². The van der Waals surface area contributed by atoms with Crippen LogP contribution in [-0.2, 0) is 0 Å². The first-order chi connectivity index (χ1) is 7.34. The van der Waals surface area contributed by atoms with Gasteiger partial charge in [0.25, 0.3) is 0 Å². The maximum Gasteiger partial charge on any atom is 0.0948 e. The quantitative estimate of drug-likeness (QED) is 0.586. The summed E-state index contributed by atoms with van der Waals surface area (Å²) in [5, 5.41) is 0. The molecule has 0 N–H and O–H groups in total. The summed E-state index contributed by atoms with van der Waals surface area (Å²) in [6.45, 7) is 4.54. The van der Waals surface area contributed by atoms with Crippen molar-refractivity contribution in [1.82, 2.24) is 9.55 Å². The Hall–Kier alpha value is -0.790. The van der Waals surface area contributed by atoms with Gasteiger partial charge in [0, 0.05) is 18.4 Å². The fraction of sp³-hybridized carbons (Fsp3) is 0.769. The van der Waals surface area contributed by atoms with E-state index >= 15 is 0 Å². The van der Waals surface area contributed by atoms with E-state index in [0.717, 1.165) is 0 Å². The molecule has 2 heteroatoms. The van der Waals surface area contributed by atoms with Gasteiger partial charge in [0.05, 0.1) is 6.33 Å². The molecule has 0 spiro atoms. The molecule has 1 aromatic heterocycles. The van der Waals surface area contributed by atoms with Crippen molar-refractivity contribution < 1.29 is 0 Å². The van der Waals surface area contributed by atoms with Gasteiger partial charge in [-0.3, -0.25) is 0 Å². The predicted octanol–water partition coefficient (Wildman–Crippen LogP) is 4.19. The van der Waals surface area contributed by atoms with Crippen molar-refractivity contribution in [1.29, 1.82) is 0 Å². The molecule has 15 heavy (non-hydrogen) atoms. The van der Waals surface area contributed by atoms with Crippen LogP contribution in [0.15, 0.2) is 18.7 Å². The molecule has 1 unspecified atom stereocenters. The van der Waals surface area contributed by atoms with Crippen LogP contribution in [0.2, 0.25) is 0 Å². The molecule has 86 valence electrons. The van der Waals surface area contributed by atoms with Crippen LogP contribution in [0.4, 0.5) is 0 Å². The highest BCUT2D eigenvalue weighted by Crippen LogP contribution is 2.15. The van der Waals surface area contributed by atoms with Crippen molar-refractivity contribution in [3.8, 4) is 0 Å². The van der Waals surface area contributed by atoms with E-state index in [2.05, 4.69) is 29.6 Å². The van der Waals surface area contributed by atoms with Crippen molar-refractivity contribution in [3.05, 3.63) is 18.7 Å². The summed E-state index contributed by atoms with van der Waals surface area (Å²) < 4.78 is 2.20. The Morgan fingerprint density at radius 3 is 2.53 bits per heavy atom. The Morgan fingerprint density at radius 2 is 1.87 bits per heavy atom. The van der Waals surface area contributed by atoms with Gasteiger partial charge >= 0.3 is 0 Å². The SMILES string of the molecule is CCCCCCCCC(C)n1ccnc1. The van der Waals surface area contributed by atoms with Crippen LogP contribution in [0.25, 0.3) is 0 Å². The number of hydrogen-bond donors (Lipinski definition) is 0. The highest BCUT2D eigenvalue weighted by atomic mass is 15.0. The Kier molecular flexibility index (Phi) is 6.14. The highest BCUT2D eigenvalue weighted by Gasteiger charge is 2.02. The van der Waals surface area contributed by atoms with E-state index in [1.807, 2.05) is 12.5 Å². The van der Waals surface area contributed by atoms with Crippen LogP contribution in [0.3, 0.4) is 0 Å². The van der Waals surface area contributed by atoms with Gasteiger partial charge in [-0.25, -0.2) is 4.98 Å². The third kappa shape index (κ3) is 5.01. The second kappa shape index (κ2) is 7.49. The zero-order valence-electron chi connectivity index (χ0n) is 10.2. The molecule has 0 aliphatic heterocycles. The standard InChI is InChI=1S/C13H24N2/c1-3-4-5-6-7-8-9-13(2)15-11-10-14-12-15/h10-13H,3-9H2,1-2H3. The normalized spacial score (nSPS) is 12.9. The molecular formula is C13H24N2. The molecule has 1 atom stereocenters. The molecule has 0 aliphatic rings. The molecule has 0 fully saturated rings. The number of rotatable bonds is 8. The first kappa shape index (κ1) is 12.3. The average molecular weight is 208 g/mol. The molecule has 1 heterocycles. The van der Waals surface area contributed by atoms with Crippen LogP contribution in [0.1, 0.15) is 64.8 Å². The van der Waals surface area contributed by atoms with E-state index in [9.17, 15) is 0 Å². The van der Waals surface area contributed by atoms with Crippen LogP contribution in [0.5, 0.6) is 0 Å². The highest BCUT2D eigenvalue weighted by molar-refractivity contribution is 4.78. The van der Waals surface area contributed by atoms with Crippen molar-refractivity contribution in [2.24, 2.45) is 0 Å². The summed E-state index contributed by atoms with van der Waals surface area (Å²) >= 11 is 0. The average Bonchev–Trinajstić information content (AvgIpc) is 2.76. The van der Waals surface area contributed by atoms with Gasteiger partial charge in [0.15, 0.2) is 0 Å². The topological polar surface area (TPSA) is 17.8 Å². The maximum absolute atomic E-state index is 4.07. The van der Waals surface area contributed by atoms with Gasteiger partial charge in [-0.05, 0) is 13.3 Å². The van der Waals surface area contributed by atoms with Gasteiger partial charge in [-0.15, -0.1) is 0 Å². The largest absolute Gasteiger partial charge is 0.335 e. The summed E-state index contributed by atoms with van der Waals surface area (Å²) in [4.78, 5) is 4.07. The summed E-state index contributed by atoms with van der Waals surface area (Å²) in [5.41, 5.74) is 0. The Labute approximate surface area is 93.7 Å². The second-order valence-corrected chi connectivity index (χ2v) is 4.42. The summed E-state index contributed by atoms with van der Waals surface area (Å²) in [7, 11) is 0. The minimum atomic E-state index is 0.610. The molecule has 0 aromatic carbocycles. The molecule has 2 nitrogen and oxygen atoms in total. The lowest BCUT2D eigenvalue weighted by molar-refractivity contribution is 0.467.